The Morgan fingerprint density at radius 3 is 2.42 bits per heavy atom. The molecule has 1 aliphatic heterocycles. The quantitative estimate of drug-likeness (QED) is 0.275. The van der Waals surface area contributed by atoms with Crippen molar-refractivity contribution >= 4 is 34.6 Å². The maximum absolute atomic E-state index is 12.0. The van der Waals surface area contributed by atoms with E-state index in [4.69, 9.17) is 9.47 Å². The number of nitrogens with zero attached hydrogens (tertiary/aromatic N) is 2. The van der Waals surface area contributed by atoms with Crippen molar-refractivity contribution in [3.63, 3.8) is 0 Å². The summed E-state index contributed by atoms with van der Waals surface area (Å²) in [7, 11) is 1.76. The van der Waals surface area contributed by atoms with Crippen LogP contribution in [-0.2, 0) is 26.1 Å². The van der Waals surface area contributed by atoms with Gasteiger partial charge < -0.3 is 14.0 Å². The van der Waals surface area contributed by atoms with Crippen molar-refractivity contribution in [3.05, 3.63) is 45.6 Å². The molecule has 0 unspecified atom stereocenters. The van der Waals surface area contributed by atoms with Crippen LogP contribution in [0.4, 0.5) is 5.69 Å². The highest BCUT2D eigenvalue weighted by atomic mass is 16.7. The summed E-state index contributed by atoms with van der Waals surface area (Å²) < 4.78 is 11.8. The van der Waals surface area contributed by atoms with Crippen molar-refractivity contribution in [2.24, 2.45) is 7.05 Å². The molecule has 0 atom stereocenters. The molecule has 8 nitrogen and oxygen atoms in total. The van der Waals surface area contributed by atoms with E-state index < -0.39 is 22.6 Å². The lowest BCUT2D eigenvalue weighted by molar-refractivity contribution is -0.384. The van der Waals surface area contributed by atoms with Crippen LogP contribution in [-0.4, -0.2) is 27.2 Å². The topological polar surface area (TPSA) is 101 Å². The number of fused-ring (bicyclic) bond motifs is 1. The van der Waals surface area contributed by atoms with Crippen molar-refractivity contribution in [2.45, 2.75) is 19.6 Å². The first-order chi connectivity index (χ1) is 11.2. The number of hydrogen-bond acceptors (Lipinski definition) is 6. The SMILES string of the molecule is Cn1cc(C=C2C(=O)OC(C)(C)OC2=O)c2cc([N+](=O)[O-])ccc21. The number of cyclic esters (lactones) is 2. The zero-order valence-electron chi connectivity index (χ0n) is 13.2. The van der Waals surface area contributed by atoms with Gasteiger partial charge >= 0.3 is 11.9 Å². The van der Waals surface area contributed by atoms with Crippen LogP contribution < -0.4 is 0 Å². The molecule has 1 aromatic heterocycles. The van der Waals surface area contributed by atoms with Crippen LogP contribution in [0.2, 0.25) is 0 Å². The largest absolute Gasteiger partial charge is 0.419 e. The predicted molar refractivity (Wildman–Crippen MR) is 83.8 cm³/mol. The number of ether oxygens (including phenoxy) is 2. The van der Waals surface area contributed by atoms with Crippen LogP contribution >= 0.6 is 0 Å². The maximum atomic E-state index is 12.0. The van der Waals surface area contributed by atoms with E-state index in [9.17, 15) is 19.7 Å². The average molecular weight is 330 g/mol. The van der Waals surface area contributed by atoms with E-state index in [1.165, 1.54) is 32.1 Å². The van der Waals surface area contributed by atoms with Gasteiger partial charge in [0.05, 0.1) is 4.92 Å². The second-order valence-corrected chi connectivity index (χ2v) is 5.89. The molecule has 1 fully saturated rings. The first-order valence-corrected chi connectivity index (χ1v) is 7.10. The number of hydrogen-bond donors (Lipinski definition) is 0. The lowest BCUT2D eigenvalue weighted by Crippen LogP contribution is -2.41. The normalized spacial score (nSPS) is 16.7. The second-order valence-electron chi connectivity index (χ2n) is 5.89. The molecule has 0 saturated carbocycles. The molecule has 3 rings (SSSR count). The summed E-state index contributed by atoms with van der Waals surface area (Å²) in [5, 5.41) is 11.5. The molecule has 1 aliphatic rings. The van der Waals surface area contributed by atoms with Crippen LogP contribution in [0.25, 0.3) is 17.0 Å². The number of aromatic nitrogens is 1. The first kappa shape index (κ1) is 15.7. The summed E-state index contributed by atoms with van der Waals surface area (Å²) in [6, 6.07) is 4.40. The van der Waals surface area contributed by atoms with Crippen molar-refractivity contribution in [1.82, 2.24) is 4.57 Å². The summed E-state index contributed by atoms with van der Waals surface area (Å²) in [5.41, 5.74) is 0.877. The van der Waals surface area contributed by atoms with E-state index in [0.29, 0.717) is 10.9 Å². The molecule has 24 heavy (non-hydrogen) atoms. The number of non-ortho nitro benzene ring substituents is 1. The van der Waals surface area contributed by atoms with Gasteiger partial charge in [0.15, 0.2) is 0 Å². The van der Waals surface area contributed by atoms with E-state index in [1.54, 1.807) is 23.9 Å². The summed E-state index contributed by atoms with van der Waals surface area (Å²) in [4.78, 5) is 34.5. The molecule has 1 aromatic carbocycles. The number of nitro benzene ring substituents is 1. The van der Waals surface area contributed by atoms with Crippen molar-refractivity contribution in [3.8, 4) is 0 Å². The molecular weight excluding hydrogens is 316 g/mol. The standard InChI is InChI=1S/C16H14N2O6/c1-16(2)23-14(19)12(15(20)24-16)6-9-8-17(3)13-5-4-10(18(21)22)7-11(9)13/h4-8H,1-3H3. The van der Waals surface area contributed by atoms with E-state index in [-0.39, 0.29) is 11.3 Å². The van der Waals surface area contributed by atoms with Gasteiger partial charge in [-0.3, -0.25) is 10.1 Å². The summed E-state index contributed by atoms with van der Waals surface area (Å²) in [6.07, 6.45) is 2.99. The Labute approximate surface area is 136 Å². The summed E-state index contributed by atoms with van der Waals surface area (Å²) in [5.74, 6) is -2.90. The van der Waals surface area contributed by atoms with Gasteiger partial charge in [-0.2, -0.15) is 0 Å². The molecule has 0 amide bonds. The lowest BCUT2D eigenvalue weighted by Gasteiger charge is -2.29. The molecule has 8 heteroatoms. The third-order valence-electron chi connectivity index (χ3n) is 3.63. The van der Waals surface area contributed by atoms with Crippen molar-refractivity contribution in [1.29, 1.82) is 0 Å². The smallest absolute Gasteiger partial charge is 0.348 e. The fourth-order valence-electron chi connectivity index (χ4n) is 2.57. The number of carbonyl (C=O) groups is 2. The molecule has 0 radical (unpaired) electrons. The zero-order valence-corrected chi connectivity index (χ0v) is 13.2. The van der Waals surface area contributed by atoms with E-state index in [0.717, 1.165) is 5.52 Å². The molecule has 1 saturated heterocycles. The molecular formula is C16H14N2O6. The maximum Gasteiger partial charge on any atom is 0.348 e. The summed E-state index contributed by atoms with van der Waals surface area (Å²) in [6.45, 7) is 2.92. The highest BCUT2D eigenvalue weighted by Gasteiger charge is 2.39. The number of esters is 2. The van der Waals surface area contributed by atoms with Gasteiger partial charge in [0.2, 0.25) is 0 Å². The number of carbonyl (C=O) groups excluding carboxylic acids is 2. The van der Waals surface area contributed by atoms with Crippen LogP contribution in [0.5, 0.6) is 0 Å². The van der Waals surface area contributed by atoms with Gasteiger partial charge in [0.1, 0.15) is 5.57 Å². The molecule has 0 spiro atoms. The average Bonchev–Trinajstić information content (AvgIpc) is 2.78. The van der Waals surface area contributed by atoms with E-state index in [2.05, 4.69) is 0 Å². The summed E-state index contributed by atoms with van der Waals surface area (Å²) >= 11 is 0. The van der Waals surface area contributed by atoms with Gasteiger partial charge in [-0.05, 0) is 12.1 Å². The molecule has 0 N–H and O–H groups in total. The molecule has 2 heterocycles. The molecule has 0 aliphatic carbocycles. The fraction of sp³-hybridized carbons (Fsp3) is 0.250. The van der Waals surface area contributed by atoms with Gasteiger partial charge in [0, 0.05) is 55.7 Å². The van der Waals surface area contributed by atoms with Gasteiger partial charge in [-0.15, -0.1) is 0 Å². The molecule has 2 aromatic rings. The van der Waals surface area contributed by atoms with Gasteiger partial charge in [-0.1, -0.05) is 0 Å². The Bertz CT molecular complexity index is 900. The highest BCUT2D eigenvalue weighted by molar-refractivity contribution is 6.19. The van der Waals surface area contributed by atoms with Crippen molar-refractivity contribution in [2.75, 3.05) is 0 Å². The first-order valence-electron chi connectivity index (χ1n) is 7.10. The minimum Gasteiger partial charge on any atom is -0.419 e. The minimum atomic E-state index is -1.32. The second kappa shape index (κ2) is 5.19. The number of aryl methyl sites for hydroxylation is 1. The van der Waals surface area contributed by atoms with Crippen LogP contribution in [0.15, 0.2) is 30.0 Å². The molecule has 124 valence electrons. The Morgan fingerprint density at radius 2 is 1.83 bits per heavy atom. The highest BCUT2D eigenvalue weighted by Crippen LogP contribution is 2.29. The van der Waals surface area contributed by atoms with Crippen LogP contribution in [0.1, 0.15) is 19.4 Å². The number of rotatable bonds is 2. The van der Waals surface area contributed by atoms with Crippen molar-refractivity contribution < 1.29 is 24.0 Å². The minimum absolute atomic E-state index is 0.0803. The lowest BCUT2D eigenvalue weighted by atomic mass is 10.1. The van der Waals surface area contributed by atoms with Gasteiger partial charge in [0.25, 0.3) is 11.5 Å². The Morgan fingerprint density at radius 1 is 1.21 bits per heavy atom. The fourth-order valence-corrected chi connectivity index (χ4v) is 2.57. The Hall–Kier alpha value is -3.16. The Balaban J connectivity index is 2.13. The predicted octanol–water partition coefficient (Wildman–Crippen LogP) is 2.31. The van der Waals surface area contributed by atoms with E-state index in [1.807, 2.05) is 0 Å². The Kier molecular flexibility index (Phi) is 3.40. The number of benzene rings is 1. The third-order valence-corrected chi connectivity index (χ3v) is 3.63. The molecule has 0 bridgehead atoms. The van der Waals surface area contributed by atoms with Crippen LogP contribution in [0, 0.1) is 10.1 Å². The van der Waals surface area contributed by atoms with Crippen LogP contribution in [0.3, 0.4) is 0 Å². The van der Waals surface area contributed by atoms with Gasteiger partial charge in [-0.25, -0.2) is 9.59 Å². The third kappa shape index (κ3) is 2.62. The zero-order chi connectivity index (χ0) is 17.6. The monoisotopic (exact) mass is 330 g/mol. The number of nitro groups is 1. The van der Waals surface area contributed by atoms with E-state index >= 15 is 0 Å².